The number of carbonyl (C=O) groups is 1. The van der Waals surface area contributed by atoms with Gasteiger partial charge in [-0.1, -0.05) is 12.1 Å². The van der Waals surface area contributed by atoms with Crippen LogP contribution >= 0.6 is 0 Å². The van der Waals surface area contributed by atoms with Crippen LogP contribution in [-0.4, -0.2) is 55.6 Å². The predicted octanol–water partition coefficient (Wildman–Crippen LogP) is 3.73. The molecule has 2 fully saturated rings. The van der Waals surface area contributed by atoms with Crippen LogP contribution in [0.1, 0.15) is 43.9 Å². The molecule has 3 aliphatic rings. The molecule has 2 aromatic rings. The number of hydrogen-bond donors (Lipinski definition) is 1. The average molecular weight is 454 g/mol. The Hall–Kier alpha value is -2.52. The van der Waals surface area contributed by atoms with E-state index in [1.807, 2.05) is 49.1 Å². The van der Waals surface area contributed by atoms with Crippen LogP contribution in [-0.2, 0) is 30.3 Å². The minimum absolute atomic E-state index is 0.0344. The number of nitrogens with one attached hydrogen (secondary N) is 1. The molecule has 1 N–H and O–H groups in total. The fraction of sp³-hybridized carbons (Fsp3) is 0.520. The van der Waals surface area contributed by atoms with Crippen molar-refractivity contribution in [2.24, 2.45) is 0 Å². The second kappa shape index (κ2) is 9.77. The summed E-state index contributed by atoms with van der Waals surface area (Å²) in [5, 5.41) is 3.41. The molecule has 8 heteroatoms. The number of anilines is 3. The van der Waals surface area contributed by atoms with E-state index in [-0.39, 0.29) is 24.2 Å². The molecule has 33 heavy (non-hydrogen) atoms. The van der Waals surface area contributed by atoms with Gasteiger partial charge in [-0.15, -0.1) is 0 Å². The number of fused-ring (bicyclic) bond motifs is 2. The van der Waals surface area contributed by atoms with Crippen LogP contribution < -0.4 is 10.2 Å². The molecule has 0 saturated carbocycles. The van der Waals surface area contributed by atoms with Crippen molar-refractivity contribution in [3.05, 3.63) is 47.7 Å². The Labute approximate surface area is 194 Å². The Balaban J connectivity index is 1.43. The average Bonchev–Trinajstić information content (AvgIpc) is 3.00. The summed E-state index contributed by atoms with van der Waals surface area (Å²) >= 11 is 0. The van der Waals surface area contributed by atoms with Crippen LogP contribution in [0.4, 0.5) is 17.2 Å². The molecular weight excluding hydrogens is 422 g/mol. The Bertz CT molecular complexity index is 984. The smallest absolute Gasteiger partial charge is 0.256 e. The van der Waals surface area contributed by atoms with Crippen molar-refractivity contribution in [1.29, 1.82) is 0 Å². The van der Waals surface area contributed by atoms with E-state index in [4.69, 9.17) is 18.9 Å². The van der Waals surface area contributed by atoms with E-state index in [0.29, 0.717) is 39.4 Å². The van der Waals surface area contributed by atoms with Gasteiger partial charge in [0.05, 0.1) is 56.6 Å². The molecule has 8 nitrogen and oxygen atoms in total. The first-order chi connectivity index (χ1) is 16.1. The Kier molecular flexibility index (Phi) is 6.59. The highest BCUT2D eigenvalue weighted by Gasteiger charge is 2.34. The van der Waals surface area contributed by atoms with Crippen LogP contribution in [0.15, 0.2) is 36.5 Å². The largest absolute Gasteiger partial charge is 0.376 e. The van der Waals surface area contributed by atoms with Crippen LogP contribution in [0.3, 0.4) is 0 Å². The first-order valence-electron chi connectivity index (χ1n) is 11.7. The number of pyridine rings is 1. The highest BCUT2D eigenvalue weighted by molar-refractivity contribution is 6.01. The number of ether oxygens (including phenoxy) is 4. The zero-order valence-electron chi connectivity index (χ0n) is 19.2. The molecule has 176 valence electrons. The first kappa shape index (κ1) is 22.3. The normalized spacial score (nSPS) is 25.1. The molecule has 3 aliphatic heterocycles. The van der Waals surface area contributed by atoms with Gasteiger partial charge >= 0.3 is 0 Å². The number of aromatic nitrogens is 1. The van der Waals surface area contributed by atoms with Crippen molar-refractivity contribution in [3.63, 3.8) is 0 Å². The lowest BCUT2D eigenvalue weighted by atomic mass is 10.0. The number of nitrogens with zero attached hydrogens (tertiary/aromatic N) is 2. The zero-order chi connectivity index (χ0) is 22.8. The van der Waals surface area contributed by atoms with Gasteiger partial charge in [-0.25, -0.2) is 4.98 Å². The summed E-state index contributed by atoms with van der Waals surface area (Å²) in [4.78, 5) is 20.1. The van der Waals surface area contributed by atoms with Gasteiger partial charge in [0.15, 0.2) is 0 Å². The number of rotatable bonds is 4. The maximum Gasteiger partial charge on any atom is 0.256 e. The lowest BCUT2D eigenvalue weighted by Crippen LogP contribution is -2.44. The molecule has 4 heterocycles. The molecule has 0 radical (unpaired) electrons. The lowest BCUT2D eigenvalue weighted by molar-refractivity contribution is -0.143. The zero-order valence-corrected chi connectivity index (χ0v) is 19.2. The van der Waals surface area contributed by atoms with Gasteiger partial charge in [0, 0.05) is 11.8 Å². The SMILES string of the molecule is CC(C)O[C@H]1CC[C@H](C(=O)N2Cc3cccnc3Nc3ccc(C4COCCO4)cc32)OC1. The van der Waals surface area contributed by atoms with Crippen molar-refractivity contribution < 1.29 is 23.7 Å². The standard InChI is InChI=1S/C25H31N3O5/c1-16(2)33-19-6-8-22(32-14-19)25(29)28-13-18-4-3-9-26-24(18)27-20-7-5-17(12-21(20)28)23-15-30-10-11-31-23/h3-5,7,9,12,16,19,22-23H,6,8,10-11,13-15H2,1-2H3,(H,26,27)/t19-,22+,23?/m0/s1. The molecule has 1 aromatic heterocycles. The summed E-state index contributed by atoms with van der Waals surface area (Å²) in [6, 6.07) is 9.92. The second-order valence-corrected chi connectivity index (χ2v) is 8.98. The van der Waals surface area contributed by atoms with Crippen LogP contribution in [0.25, 0.3) is 0 Å². The molecule has 1 unspecified atom stereocenters. The summed E-state index contributed by atoms with van der Waals surface area (Å²) in [7, 11) is 0. The fourth-order valence-electron chi connectivity index (χ4n) is 4.60. The van der Waals surface area contributed by atoms with E-state index in [1.54, 1.807) is 6.20 Å². The van der Waals surface area contributed by atoms with Gasteiger partial charge in [-0.3, -0.25) is 4.79 Å². The highest BCUT2D eigenvalue weighted by atomic mass is 16.6. The molecule has 1 aromatic carbocycles. The van der Waals surface area contributed by atoms with Crippen LogP contribution in [0.5, 0.6) is 0 Å². The van der Waals surface area contributed by atoms with E-state index >= 15 is 0 Å². The third kappa shape index (κ3) is 4.89. The van der Waals surface area contributed by atoms with Crippen LogP contribution in [0.2, 0.25) is 0 Å². The molecule has 0 bridgehead atoms. The van der Waals surface area contributed by atoms with Gasteiger partial charge in [0.25, 0.3) is 5.91 Å². The molecule has 3 atom stereocenters. The summed E-state index contributed by atoms with van der Waals surface area (Å²) in [5.74, 6) is 0.713. The number of hydrogen-bond acceptors (Lipinski definition) is 7. The van der Waals surface area contributed by atoms with Gasteiger partial charge in [0.1, 0.15) is 18.0 Å². The van der Waals surface area contributed by atoms with E-state index in [2.05, 4.69) is 10.3 Å². The van der Waals surface area contributed by atoms with Crippen molar-refractivity contribution in [2.45, 2.75) is 57.6 Å². The fourth-order valence-corrected chi connectivity index (χ4v) is 4.60. The quantitative estimate of drug-likeness (QED) is 0.755. The summed E-state index contributed by atoms with van der Waals surface area (Å²) in [6.45, 7) is 6.55. The van der Waals surface area contributed by atoms with Crippen LogP contribution in [0, 0.1) is 0 Å². The second-order valence-electron chi connectivity index (χ2n) is 8.98. The molecule has 5 rings (SSSR count). The summed E-state index contributed by atoms with van der Waals surface area (Å²) < 4.78 is 23.4. The Morgan fingerprint density at radius 3 is 2.85 bits per heavy atom. The molecule has 1 amide bonds. The molecular formula is C25H31N3O5. The van der Waals surface area contributed by atoms with E-state index in [9.17, 15) is 4.79 Å². The number of benzene rings is 1. The lowest BCUT2D eigenvalue weighted by Gasteiger charge is -2.33. The van der Waals surface area contributed by atoms with Gasteiger partial charge in [-0.2, -0.15) is 0 Å². The van der Waals surface area contributed by atoms with Gasteiger partial charge < -0.3 is 29.2 Å². The minimum Gasteiger partial charge on any atom is -0.376 e. The van der Waals surface area contributed by atoms with E-state index < -0.39 is 6.10 Å². The van der Waals surface area contributed by atoms with E-state index in [0.717, 1.165) is 34.7 Å². The highest BCUT2D eigenvalue weighted by Crippen LogP contribution is 2.38. The number of amides is 1. The molecule has 0 spiro atoms. The predicted molar refractivity (Wildman–Crippen MR) is 124 cm³/mol. The summed E-state index contributed by atoms with van der Waals surface area (Å²) in [5.41, 5.74) is 3.58. The molecule has 2 saturated heterocycles. The molecule has 0 aliphatic carbocycles. The Morgan fingerprint density at radius 2 is 2.09 bits per heavy atom. The third-order valence-electron chi connectivity index (χ3n) is 6.21. The first-order valence-corrected chi connectivity index (χ1v) is 11.7. The Morgan fingerprint density at radius 1 is 1.18 bits per heavy atom. The summed E-state index contributed by atoms with van der Waals surface area (Å²) in [6.07, 6.45) is 2.72. The maximum absolute atomic E-state index is 13.8. The third-order valence-corrected chi connectivity index (χ3v) is 6.21. The minimum atomic E-state index is -0.499. The van der Waals surface area contributed by atoms with Gasteiger partial charge in [0.2, 0.25) is 0 Å². The van der Waals surface area contributed by atoms with Crippen molar-refractivity contribution >= 4 is 23.1 Å². The van der Waals surface area contributed by atoms with Gasteiger partial charge in [-0.05, 0) is 50.5 Å². The monoisotopic (exact) mass is 453 g/mol. The van der Waals surface area contributed by atoms with Crippen molar-refractivity contribution in [3.8, 4) is 0 Å². The topological polar surface area (TPSA) is 82.2 Å². The number of carbonyl (C=O) groups excluding carboxylic acids is 1. The van der Waals surface area contributed by atoms with Crippen molar-refractivity contribution in [2.75, 3.05) is 36.6 Å². The van der Waals surface area contributed by atoms with E-state index in [1.165, 1.54) is 0 Å². The maximum atomic E-state index is 13.8. The van der Waals surface area contributed by atoms with Crippen molar-refractivity contribution in [1.82, 2.24) is 4.98 Å².